The van der Waals surface area contributed by atoms with E-state index in [1.165, 1.54) is 17.0 Å². The van der Waals surface area contributed by atoms with Crippen LogP contribution in [0.5, 0.6) is 0 Å². The predicted molar refractivity (Wildman–Crippen MR) is 79.5 cm³/mol. The summed E-state index contributed by atoms with van der Waals surface area (Å²) in [4.78, 5) is 27.6. The number of allylic oxidation sites excluding steroid dienone is 1. The highest BCUT2D eigenvalue weighted by Gasteiger charge is 2.03. The van der Waals surface area contributed by atoms with Crippen molar-refractivity contribution in [2.75, 3.05) is 6.61 Å². The Hall–Kier alpha value is -1.95. The summed E-state index contributed by atoms with van der Waals surface area (Å²) in [5.41, 5.74) is 0.494. The molecule has 0 aliphatic carbocycles. The van der Waals surface area contributed by atoms with Gasteiger partial charge in [-0.3, -0.25) is 9.36 Å². The summed E-state index contributed by atoms with van der Waals surface area (Å²) < 4.78 is 7.02. The maximum Gasteiger partial charge on any atom is 0.330 e. The fourth-order valence-electron chi connectivity index (χ4n) is 1.71. The highest BCUT2D eigenvalue weighted by molar-refractivity contribution is 9.10. The quantitative estimate of drug-likeness (QED) is 0.634. The van der Waals surface area contributed by atoms with Crippen molar-refractivity contribution in [3.8, 4) is 0 Å². The molecule has 0 N–H and O–H groups in total. The van der Waals surface area contributed by atoms with Crippen molar-refractivity contribution < 1.29 is 9.53 Å². The van der Waals surface area contributed by atoms with Crippen LogP contribution < -0.4 is 5.56 Å². The maximum atomic E-state index is 12.2. The Morgan fingerprint density at radius 3 is 3.05 bits per heavy atom. The number of aromatic nitrogens is 2. The van der Waals surface area contributed by atoms with E-state index in [-0.39, 0.29) is 12.1 Å². The van der Waals surface area contributed by atoms with Gasteiger partial charge in [-0.1, -0.05) is 22.0 Å². The molecule has 104 valence electrons. The Kier molecular flexibility index (Phi) is 4.68. The van der Waals surface area contributed by atoms with Crippen LogP contribution in [0.4, 0.5) is 0 Å². The Labute approximate surface area is 124 Å². The molecule has 0 saturated heterocycles. The number of esters is 1. The first-order chi connectivity index (χ1) is 9.61. The van der Waals surface area contributed by atoms with Crippen LogP contribution in [0.25, 0.3) is 10.9 Å². The summed E-state index contributed by atoms with van der Waals surface area (Å²) in [7, 11) is 0. The van der Waals surface area contributed by atoms with Gasteiger partial charge in [0, 0.05) is 17.1 Å². The molecule has 0 atom stereocenters. The summed E-state index contributed by atoms with van der Waals surface area (Å²) >= 11 is 3.33. The molecule has 5 nitrogen and oxygen atoms in total. The molecule has 0 fully saturated rings. The summed E-state index contributed by atoms with van der Waals surface area (Å²) in [6.07, 6.45) is 4.35. The van der Waals surface area contributed by atoms with E-state index in [1.54, 1.807) is 25.1 Å². The van der Waals surface area contributed by atoms with Crippen molar-refractivity contribution in [1.82, 2.24) is 9.55 Å². The van der Waals surface area contributed by atoms with Crippen molar-refractivity contribution in [1.29, 1.82) is 0 Å². The van der Waals surface area contributed by atoms with Gasteiger partial charge in [0.15, 0.2) is 0 Å². The number of hydrogen-bond acceptors (Lipinski definition) is 4. The number of hydrogen-bond donors (Lipinski definition) is 0. The van der Waals surface area contributed by atoms with Crippen LogP contribution in [-0.4, -0.2) is 22.1 Å². The molecule has 0 bridgehead atoms. The standard InChI is InChI=1S/C14H13BrN2O3/c1-2-20-13(18)4-3-7-17-9-16-12-6-5-10(15)8-11(12)14(17)19/h3-6,8-9H,2,7H2,1H3/b4-3+. The molecule has 1 aromatic heterocycles. The minimum absolute atomic E-state index is 0.148. The average molecular weight is 337 g/mol. The summed E-state index contributed by atoms with van der Waals surface area (Å²) in [6.45, 7) is 2.34. The second-order valence-electron chi connectivity index (χ2n) is 4.02. The van der Waals surface area contributed by atoms with E-state index in [0.717, 1.165) is 4.47 Å². The minimum atomic E-state index is -0.419. The van der Waals surface area contributed by atoms with E-state index in [0.29, 0.717) is 17.5 Å². The maximum absolute atomic E-state index is 12.2. The van der Waals surface area contributed by atoms with Gasteiger partial charge in [-0.05, 0) is 25.1 Å². The first kappa shape index (κ1) is 14.5. The van der Waals surface area contributed by atoms with Gasteiger partial charge in [0.2, 0.25) is 0 Å². The van der Waals surface area contributed by atoms with E-state index >= 15 is 0 Å². The van der Waals surface area contributed by atoms with Gasteiger partial charge in [0.25, 0.3) is 5.56 Å². The van der Waals surface area contributed by atoms with E-state index in [2.05, 4.69) is 20.9 Å². The zero-order valence-electron chi connectivity index (χ0n) is 10.9. The Bertz CT molecular complexity index is 722. The first-order valence-corrected chi connectivity index (χ1v) is 6.89. The molecule has 20 heavy (non-hydrogen) atoms. The lowest BCUT2D eigenvalue weighted by atomic mass is 10.2. The van der Waals surface area contributed by atoms with Gasteiger partial charge in [0.05, 0.1) is 23.8 Å². The second-order valence-corrected chi connectivity index (χ2v) is 4.93. The Balaban J connectivity index is 2.25. The average Bonchev–Trinajstić information content (AvgIpc) is 2.42. The highest BCUT2D eigenvalue weighted by Crippen LogP contribution is 2.14. The fraction of sp³-hybridized carbons (Fsp3) is 0.214. The van der Waals surface area contributed by atoms with Crippen LogP contribution >= 0.6 is 15.9 Å². The first-order valence-electron chi connectivity index (χ1n) is 6.10. The molecule has 2 rings (SSSR count). The van der Waals surface area contributed by atoms with Crippen molar-refractivity contribution in [3.05, 3.63) is 51.5 Å². The molecule has 0 radical (unpaired) electrons. The predicted octanol–water partition coefficient (Wildman–Crippen LogP) is 2.28. The van der Waals surface area contributed by atoms with Gasteiger partial charge in [0.1, 0.15) is 0 Å². The van der Waals surface area contributed by atoms with E-state index in [1.807, 2.05) is 6.07 Å². The van der Waals surface area contributed by atoms with Crippen LogP contribution in [0.2, 0.25) is 0 Å². The second kappa shape index (κ2) is 6.47. The van der Waals surface area contributed by atoms with Crippen molar-refractivity contribution in [2.45, 2.75) is 13.5 Å². The molecule has 0 aliphatic rings. The molecule has 0 amide bonds. The van der Waals surface area contributed by atoms with Crippen LogP contribution in [0.1, 0.15) is 6.92 Å². The van der Waals surface area contributed by atoms with Gasteiger partial charge in [-0.15, -0.1) is 0 Å². The number of carbonyl (C=O) groups excluding carboxylic acids is 1. The van der Waals surface area contributed by atoms with Crippen molar-refractivity contribution in [3.63, 3.8) is 0 Å². The van der Waals surface area contributed by atoms with Gasteiger partial charge < -0.3 is 4.74 Å². The third-order valence-corrected chi connectivity index (χ3v) is 3.12. The zero-order valence-corrected chi connectivity index (χ0v) is 12.5. The van der Waals surface area contributed by atoms with Gasteiger partial charge in [-0.25, -0.2) is 9.78 Å². The molecule has 0 saturated carbocycles. The topological polar surface area (TPSA) is 61.2 Å². The molecular formula is C14H13BrN2O3. The summed E-state index contributed by atoms with van der Waals surface area (Å²) in [5, 5.41) is 0.534. The zero-order chi connectivity index (χ0) is 14.5. The molecule has 2 aromatic rings. The minimum Gasteiger partial charge on any atom is -0.463 e. The van der Waals surface area contributed by atoms with Crippen LogP contribution in [-0.2, 0) is 16.1 Å². The van der Waals surface area contributed by atoms with Crippen LogP contribution in [0.3, 0.4) is 0 Å². The van der Waals surface area contributed by atoms with Crippen LogP contribution in [0, 0.1) is 0 Å². The van der Waals surface area contributed by atoms with E-state index < -0.39 is 5.97 Å². The third-order valence-electron chi connectivity index (χ3n) is 2.63. The summed E-state index contributed by atoms with van der Waals surface area (Å²) in [6, 6.07) is 5.34. The number of halogens is 1. The normalized spacial score (nSPS) is 11.1. The lowest BCUT2D eigenvalue weighted by Gasteiger charge is -2.03. The number of fused-ring (bicyclic) bond motifs is 1. The number of carbonyl (C=O) groups is 1. The fourth-order valence-corrected chi connectivity index (χ4v) is 2.08. The molecule has 0 unspecified atom stereocenters. The van der Waals surface area contributed by atoms with E-state index in [9.17, 15) is 9.59 Å². The Morgan fingerprint density at radius 2 is 2.30 bits per heavy atom. The van der Waals surface area contributed by atoms with Crippen LogP contribution in [0.15, 0.2) is 45.9 Å². The monoisotopic (exact) mass is 336 g/mol. The summed E-state index contributed by atoms with van der Waals surface area (Å²) in [5.74, 6) is -0.419. The van der Waals surface area contributed by atoms with Crippen molar-refractivity contribution in [2.24, 2.45) is 0 Å². The molecule has 1 heterocycles. The number of benzene rings is 1. The SMILES string of the molecule is CCOC(=O)/C=C/Cn1cnc2ccc(Br)cc2c1=O. The van der Waals surface area contributed by atoms with Gasteiger partial charge in [-0.2, -0.15) is 0 Å². The number of ether oxygens (including phenoxy) is 1. The Morgan fingerprint density at radius 1 is 1.50 bits per heavy atom. The lowest BCUT2D eigenvalue weighted by Crippen LogP contribution is -2.20. The molecule has 0 aliphatic heterocycles. The number of nitrogens with zero attached hydrogens (tertiary/aromatic N) is 2. The molecular weight excluding hydrogens is 324 g/mol. The molecule has 1 aromatic carbocycles. The molecule has 0 spiro atoms. The molecule has 6 heteroatoms. The highest BCUT2D eigenvalue weighted by atomic mass is 79.9. The largest absolute Gasteiger partial charge is 0.463 e. The third kappa shape index (κ3) is 3.33. The van der Waals surface area contributed by atoms with E-state index in [4.69, 9.17) is 4.74 Å². The van der Waals surface area contributed by atoms with Gasteiger partial charge >= 0.3 is 5.97 Å². The van der Waals surface area contributed by atoms with Crippen molar-refractivity contribution >= 4 is 32.8 Å². The smallest absolute Gasteiger partial charge is 0.330 e. The lowest BCUT2D eigenvalue weighted by molar-refractivity contribution is -0.137. The number of rotatable bonds is 4.